The Labute approximate surface area is 179 Å². The van der Waals surface area contributed by atoms with Crippen LogP contribution in [0.15, 0.2) is 91.3 Å². The summed E-state index contributed by atoms with van der Waals surface area (Å²) in [6.45, 7) is 1.97. The number of aromatic nitrogens is 2. The maximum absolute atomic E-state index is 12.0. The van der Waals surface area contributed by atoms with Crippen LogP contribution in [0, 0.1) is 17.0 Å². The maximum atomic E-state index is 12.0. The van der Waals surface area contributed by atoms with E-state index in [2.05, 4.69) is 20.7 Å². The Morgan fingerprint density at radius 3 is 1.90 bits per heavy atom. The summed E-state index contributed by atoms with van der Waals surface area (Å²) >= 11 is 0. The quantitative estimate of drug-likeness (QED) is 0.301. The van der Waals surface area contributed by atoms with Gasteiger partial charge in [-0.3, -0.25) is 20.5 Å². The molecule has 1 aromatic heterocycles. The number of aryl methyl sites for hydroxylation is 1. The molecule has 3 aromatic carbocycles. The molecule has 0 saturated carbocycles. The topological polar surface area (TPSA) is 96.2 Å². The molecule has 0 aliphatic rings. The van der Waals surface area contributed by atoms with E-state index in [4.69, 9.17) is 0 Å². The Balaban J connectivity index is 1.74. The average Bonchev–Trinajstić information content (AvgIpc) is 2.80. The van der Waals surface area contributed by atoms with Crippen LogP contribution in [0.4, 0.5) is 34.4 Å². The lowest BCUT2D eigenvalue weighted by Gasteiger charge is -2.26. The first-order chi connectivity index (χ1) is 15.1. The third-order valence-electron chi connectivity index (χ3n) is 4.57. The molecule has 0 radical (unpaired) electrons. The van der Waals surface area contributed by atoms with E-state index in [1.807, 2.05) is 91.9 Å². The molecule has 1 heterocycles. The summed E-state index contributed by atoms with van der Waals surface area (Å²) in [6, 6.07) is 26.5. The minimum absolute atomic E-state index is 0.0716. The van der Waals surface area contributed by atoms with Crippen LogP contribution in [-0.2, 0) is 0 Å². The molecule has 0 atom stereocenters. The van der Waals surface area contributed by atoms with Crippen molar-refractivity contribution in [2.24, 2.45) is 0 Å². The highest BCUT2D eigenvalue weighted by molar-refractivity contribution is 5.77. The van der Waals surface area contributed by atoms with Gasteiger partial charge in [0.1, 0.15) is 6.33 Å². The second-order valence-corrected chi connectivity index (χ2v) is 6.79. The van der Waals surface area contributed by atoms with Crippen molar-refractivity contribution in [3.05, 3.63) is 107 Å². The molecule has 154 valence electrons. The third-order valence-corrected chi connectivity index (χ3v) is 4.57. The second-order valence-electron chi connectivity index (χ2n) is 6.79. The predicted molar refractivity (Wildman–Crippen MR) is 122 cm³/mol. The lowest BCUT2D eigenvalue weighted by molar-refractivity contribution is -0.383. The molecule has 0 spiro atoms. The Bertz CT molecular complexity index is 1130. The molecule has 4 rings (SSSR count). The van der Waals surface area contributed by atoms with Gasteiger partial charge in [0.25, 0.3) is 0 Å². The van der Waals surface area contributed by atoms with Gasteiger partial charge in [-0.2, -0.15) is 0 Å². The van der Waals surface area contributed by atoms with Gasteiger partial charge in [-0.15, -0.1) is 0 Å². The largest absolute Gasteiger partial charge is 0.355 e. The molecule has 0 fully saturated rings. The van der Waals surface area contributed by atoms with E-state index in [9.17, 15) is 10.1 Å². The van der Waals surface area contributed by atoms with Crippen LogP contribution in [0.3, 0.4) is 0 Å². The lowest BCUT2D eigenvalue weighted by Crippen LogP contribution is -2.26. The lowest BCUT2D eigenvalue weighted by atomic mass is 10.2. The molecule has 4 aromatic rings. The van der Waals surface area contributed by atoms with E-state index < -0.39 is 4.92 Å². The fourth-order valence-electron chi connectivity index (χ4n) is 3.04. The number of para-hydroxylation sites is 2. The highest BCUT2D eigenvalue weighted by atomic mass is 16.6. The van der Waals surface area contributed by atoms with Crippen molar-refractivity contribution in [1.29, 1.82) is 0 Å². The Morgan fingerprint density at radius 1 is 0.806 bits per heavy atom. The molecule has 2 N–H and O–H groups in total. The molecule has 0 aliphatic heterocycles. The van der Waals surface area contributed by atoms with E-state index >= 15 is 0 Å². The van der Waals surface area contributed by atoms with Crippen molar-refractivity contribution in [2.75, 3.05) is 15.8 Å². The number of anilines is 5. The van der Waals surface area contributed by atoms with Gasteiger partial charge in [-0.25, -0.2) is 9.97 Å². The average molecular weight is 412 g/mol. The maximum Gasteiger partial charge on any atom is 0.355 e. The van der Waals surface area contributed by atoms with E-state index in [0.29, 0.717) is 5.69 Å². The highest BCUT2D eigenvalue weighted by Gasteiger charge is 2.25. The fraction of sp³-hybridized carbons (Fsp3) is 0.0435. The number of rotatable bonds is 7. The van der Waals surface area contributed by atoms with Crippen molar-refractivity contribution in [3.8, 4) is 0 Å². The van der Waals surface area contributed by atoms with Gasteiger partial charge in [0.05, 0.1) is 16.3 Å². The summed E-state index contributed by atoms with van der Waals surface area (Å²) in [6.07, 6.45) is 1.29. The minimum atomic E-state index is -0.493. The van der Waals surface area contributed by atoms with Crippen molar-refractivity contribution in [3.63, 3.8) is 0 Å². The number of nitro groups is 1. The standard InChI is InChI=1S/C23H20N6O2/c1-17-12-14-18(15-13-17)26-22-21(29(30)31)23(25-16-24-22)27-28(19-8-4-2-5-9-19)20-10-6-3-7-11-20/h2-16H,1H3,(H2,24,25,26,27). The van der Waals surface area contributed by atoms with Crippen molar-refractivity contribution < 1.29 is 4.92 Å². The highest BCUT2D eigenvalue weighted by Crippen LogP contribution is 2.34. The first-order valence-electron chi connectivity index (χ1n) is 9.62. The van der Waals surface area contributed by atoms with E-state index in [1.54, 1.807) is 5.01 Å². The van der Waals surface area contributed by atoms with Crippen LogP contribution < -0.4 is 15.8 Å². The van der Waals surface area contributed by atoms with E-state index in [1.165, 1.54) is 6.33 Å². The minimum Gasteiger partial charge on any atom is -0.334 e. The normalized spacial score (nSPS) is 10.4. The summed E-state index contributed by atoms with van der Waals surface area (Å²) in [7, 11) is 0. The molecule has 0 bridgehead atoms. The van der Waals surface area contributed by atoms with Gasteiger partial charge < -0.3 is 5.32 Å². The molecular weight excluding hydrogens is 392 g/mol. The molecule has 8 nitrogen and oxygen atoms in total. The summed E-state index contributed by atoms with van der Waals surface area (Å²) in [5.41, 5.74) is 6.23. The summed E-state index contributed by atoms with van der Waals surface area (Å²) in [4.78, 5) is 19.7. The van der Waals surface area contributed by atoms with E-state index in [0.717, 1.165) is 16.9 Å². The van der Waals surface area contributed by atoms with Crippen LogP contribution >= 0.6 is 0 Å². The second kappa shape index (κ2) is 8.91. The van der Waals surface area contributed by atoms with Crippen molar-refractivity contribution >= 4 is 34.4 Å². The van der Waals surface area contributed by atoms with Crippen molar-refractivity contribution in [2.45, 2.75) is 6.92 Å². The number of nitrogens with one attached hydrogen (secondary N) is 2. The molecule has 31 heavy (non-hydrogen) atoms. The summed E-state index contributed by atoms with van der Waals surface area (Å²) in [5.74, 6) is 0.176. The van der Waals surface area contributed by atoms with Gasteiger partial charge in [0.2, 0.25) is 11.6 Å². The van der Waals surface area contributed by atoms with Crippen LogP contribution in [0.2, 0.25) is 0 Å². The first-order valence-corrected chi connectivity index (χ1v) is 9.62. The van der Waals surface area contributed by atoms with Crippen LogP contribution in [0.5, 0.6) is 0 Å². The number of hydrogen-bond acceptors (Lipinski definition) is 7. The van der Waals surface area contributed by atoms with Gasteiger partial charge in [-0.1, -0.05) is 54.1 Å². The van der Waals surface area contributed by atoms with Crippen molar-refractivity contribution in [1.82, 2.24) is 9.97 Å². The monoisotopic (exact) mass is 412 g/mol. The van der Waals surface area contributed by atoms with Crippen LogP contribution in [0.25, 0.3) is 0 Å². The zero-order chi connectivity index (χ0) is 21.6. The Hall–Kier alpha value is -4.46. The zero-order valence-corrected chi connectivity index (χ0v) is 16.8. The molecular formula is C23H20N6O2. The Kier molecular flexibility index (Phi) is 5.70. The molecule has 0 saturated heterocycles. The first kappa shape index (κ1) is 19.8. The number of benzene rings is 3. The van der Waals surface area contributed by atoms with Gasteiger partial charge >= 0.3 is 5.69 Å². The number of hydrogen-bond donors (Lipinski definition) is 2. The smallest absolute Gasteiger partial charge is 0.334 e. The van der Waals surface area contributed by atoms with Crippen LogP contribution in [-0.4, -0.2) is 14.9 Å². The molecule has 0 unspecified atom stereocenters. The SMILES string of the molecule is Cc1ccc(Nc2ncnc(NN(c3ccccc3)c3ccccc3)c2[N+](=O)[O-])cc1. The Morgan fingerprint density at radius 2 is 1.35 bits per heavy atom. The summed E-state index contributed by atoms with van der Waals surface area (Å²) in [5, 5.41) is 16.7. The molecule has 0 amide bonds. The third kappa shape index (κ3) is 4.59. The van der Waals surface area contributed by atoms with Gasteiger partial charge in [0, 0.05) is 5.69 Å². The fourth-order valence-corrected chi connectivity index (χ4v) is 3.04. The van der Waals surface area contributed by atoms with E-state index in [-0.39, 0.29) is 17.3 Å². The molecule has 8 heteroatoms. The number of hydrazine groups is 1. The predicted octanol–water partition coefficient (Wildman–Crippen LogP) is 5.60. The van der Waals surface area contributed by atoms with Gasteiger partial charge in [0.15, 0.2) is 0 Å². The van der Waals surface area contributed by atoms with Crippen LogP contribution in [0.1, 0.15) is 5.56 Å². The van der Waals surface area contributed by atoms with Gasteiger partial charge in [-0.05, 0) is 43.3 Å². The number of nitrogens with zero attached hydrogens (tertiary/aromatic N) is 4. The zero-order valence-electron chi connectivity index (χ0n) is 16.8. The molecule has 0 aliphatic carbocycles. The summed E-state index contributed by atoms with van der Waals surface area (Å²) < 4.78 is 0.